The molecule has 0 atom stereocenters. The summed E-state index contributed by atoms with van der Waals surface area (Å²) >= 11 is 0. The van der Waals surface area contributed by atoms with Gasteiger partial charge in [0.15, 0.2) is 11.5 Å². The van der Waals surface area contributed by atoms with Gasteiger partial charge in [0.05, 0.1) is 6.54 Å². The second kappa shape index (κ2) is 7.16. The highest BCUT2D eigenvalue weighted by Crippen LogP contribution is 2.09. The van der Waals surface area contributed by atoms with Gasteiger partial charge in [0.25, 0.3) is 0 Å². The molecule has 0 aliphatic carbocycles. The van der Waals surface area contributed by atoms with Crippen LogP contribution in [0, 0.1) is 0 Å². The molecule has 8 heteroatoms. The maximum Gasteiger partial charge on any atom is 0.317 e. The Bertz CT molecular complexity index is 860. The molecular formula is C17H21N7O. The van der Waals surface area contributed by atoms with E-state index in [0.717, 1.165) is 11.4 Å². The normalized spacial score (nSPS) is 10.7. The summed E-state index contributed by atoms with van der Waals surface area (Å²) in [4.78, 5) is 15.8. The summed E-state index contributed by atoms with van der Waals surface area (Å²) in [6, 6.07) is 13.4. The molecular weight excluding hydrogens is 318 g/mol. The van der Waals surface area contributed by atoms with Crippen molar-refractivity contribution in [2.45, 2.75) is 13.1 Å². The minimum Gasteiger partial charge on any atom is -0.361 e. The summed E-state index contributed by atoms with van der Waals surface area (Å²) < 4.78 is 1.65. The standard InChI is InChI=1S/C17H21N7O/c1-22(2)15-10-9-14-19-20-16(24(14)21-15)11-18-17(25)23(3)12-13-7-5-4-6-8-13/h4-10H,11-12H2,1-3H3,(H,18,25). The number of anilines is 1. The van der Waals surface area contributed by atoms with Crippen LogP contribution < -0.4 is 10.2 Å². The minimum absolute atomic E-state index is 0.177. The van der Waals surface area contributed by atoms with Crippen molar-refractivity contribution in [2.75, 3.05) is 26.0 Å². The van der Waals surface area contributed by atoms with E-state index in [4.69, 9.17) is 0 Å². The fourth-order valence-electron chi connectivity index (χ4n) is 2.39. The summed E-state index contributed by atoms with van der Waals surface area (Å²) in [5, 5.41) is 15.5. The van der Waals surface area contributed by atoms with Crippen molar-refractivity contribution < 1.29 is 4.79 Å². The first-order valence-corrected chi connectivity index (χ1v) is 7.96. The Kier molecular flexibility index (Phi) is 4.78. The van der Waals surface area contributed by atoms with Gasteiger partial charge < -0.3 is 15.1 Å². The van der Waals surface area contributed by atoms with E-state index in [9.17, 15) is 4.79 Å². The van der Waals surface area contributed by atoms with Crippen LogP contribution in [0.5, 0.6) is 0 Å². The smallest absolute Gasteiger partial charge is 0.317 e. The van der Waals surface area contributed by atoms with Crippen LogP contribution in [-0.2, 0) is 13.1 Å². The van der Waals surface area contributed by atoms with Crippen LogP contribution in [0.4, 0.5) is 10.6 Å². The number of carbonyl (C=O) groups is 1. The molecule has 3 rings (SSSR count). The topological polar surface area (TPSA) is 78.7 Å². The Labute approximate surface area is 146 Å². The Balaban J connectivity index is 1.65. The monoisotopic (exact) mass is 339 g/mol. The molecule has 0 saturated heterocycles. The largest absolute Gasteiger partial charge is 0.361 e. The van der Waals surface area contributed by atoms with Crippen molar-refractivity contribution >= 4 is 17.5 Å². The SMILES string of the molecule is CN(Cc1ccccc1)C(=O)NCc1nnc2ccc(N(C)C)nn12. The highest BCUT2D eigenvalue weighted by atomic mass is 16.2. The van der Waals surface area contributed by atoms with Gasteiger partial charge in [0.2, 0.25) is 0 Å². The molecule has 0 fully saturated rings. The van der Waals surface area contributed by atoms with Crippen molar-refractivity contribution in [3.05, 3.63) is 53.9 Å². The molecule has 2 amide bonds. The first-order chi connectivity index (χ1) is 12.0. The van der Waals surface area contributed by atoms with Gasteiger partial charge in [0, 0.05) is 27.7 Å². The number of urea groups is 1. The van der Waals surface area contributed by atoms with Gasteiger partial charge in [-0.05, 0) is 17.7 Å². The summed E-state index contributed by atoms with van der Waals surface area (Å²) in [5.41, 5.74) is 1.72. The second-order valence-electron chi connectivity index (χ2n) is 5.97. The summed E-state index contributed by atoms with van der Waals surface area (Å²) in [5.74, 6) is 1.38. The fraction of sp³-hybridized carbons (Fsp3) is 0.294. The van der Waals surface area contributed by atoms with Gasteiger partial charge in [-0.15, -0.1) is 15.3 Å². The molecule has 0 spiro atoms. The van der Waals surface area contributed by atoms with E-state index in [-0.39, 0.29) is 12.6 Å². The van der Waals surface area contributed by atoms with E-state index < -0.39 is 0 Å². The first-order valence-electron chi connectivity index (χ1n) is 7.96. The van der Waals surface area contributed by atoms with Crippen LogP contribution in [-0.4, -0.2) is 51.9 Å². The number of aromatic nitrogens is 4. The van der Waals surface area contributed by atoms with Gasteiger partial charge in [-0.25, -0.2) is 4.79 Å². The third kappa shape index (κ3) is 3.85. The lowest BCUT2D eigenvalue weighted by Gasteiger charge is -2.17. The second-order valence-corrected chi connectivity index (χ2v) is 5.97. The van der Waals surface area contributed by atoms with Crippen LogP contribution in [0.2, 0.25) is 0 Å². The number of nitrogens with zero attached hydrogens (tertiary/aromatic N) is 6. The number of carbonyl (C=O) groups excluding carboxylic acids is 1. The van der Waals surface area contributed by atoms with Crippen LogP contribution in [0.1, 0.15) is 11.4 Å². The average molecular weight is 339 g/mol. The molecule has 0 aliphatic rings. The fourth-order valence-corrected chi connectivity index (χ4v) is 2.39. The van der Waals surface area contributed by atoms with Crippen LogP contribution in [0.15, 0.2) is 42.5 Å². The Morgan fingerprint density at radius 3 is 2.56 bits per heavy atom. The van der Waals surface area contributed by atoms with Crippen molar-refractivity contribution in [1.29, 1.82) is 0 Å². The van der Waals surface area contributed by atoms with Gasteiger partial charge >= 0.3 is 6.03 Å². The Hall–Kier alpha value is -3.16. The van der Waals surface area contributed by atoms with Gasteiger partial charge in [-0.3, -0.25) is 0 Å². The number of benzene rings is 1. The van der Waals surface area contributed by atoms with Crippen molar-refractivity contribution in [3.63, 3.8) is 0 Å². The molecule has 130 valence electrons. The molecule has 0 aliphatic heterocycles. The van der Waals surface area contributed by atoms with E-state index in [1.807, 2.05) is 61.5 Å². The van der Waals surface area contributed by atoms with Crippen LogP contribution in [0.3, 0.4) is 0 Å². The van der Waals surface area contributed by atoms with E-state index in [0.29, 0.717) is 18.0 Å². The summed E-state index contributed by atoms with van der Waals surface area (Å²) in [7, 11) is 5.59. The summed E-state index contributed by atoms with van der Waals surface area (Å²) in [6.07, 6.45) is 0. The maximum atomic E-state index is 12.3. The quantitative estimate of drug-likeness (QED) is 0.763. The lowest BCUT2D eigenvalue weighted by atomic mass is 10.2. The lowest BCUT2D eigenvalue weighted by molar-refractivity contribution is 0.206. The Morgan fingerprint density at radius 2 is 1.84 bits per heavy atom. The number of amides is 2. The lowest BCUT2D eigenvalue weighted by Crippen LogP contribution is -2.36. The minimum atomic E-state index is -0.177. The van der Waals surface area contributed by atoms with Crippen molar-refractivity contribution in [3.8, 4) is 0 Å². The van der Waals surface area contributed by atoms with E-state index in [1.54, 1.807) is 16.5 Å². The van der Waals surface area contributed by atoms with E-state index >= 15 is 0 Å². The molecule has 1 N–H and O–H groups in total. The zero-order chi connectivity index (χ0) is 17.8. The van der Waals surface area contributed by atoms with Gasteiger partial charge in [-0.1, -0.05) is 30.3 Å². The molecule has 25 heavy (non-hydrogen) atoms. The number of hydrogen-bond acceptors (Lipinski definition) is 5. The maximum absolute atomic E-state index is 12.3. The van der Waals surface area contributed by atoms with Crippen LogP contribution >= 0.6 is 0 Å². The molecule has 0 bridgehead atoms. The van der Waals surface area contributed by atoms with Crippen LogP contribution in [0.25, 0.3) is 5.65 Å². The summed E-state index contributed by atoms with van der Waals surface area (Å²) in [6.45, 7) is 0.791. The molecule has 0 unspecified atom stereocenters. The predicted octanol–water partition coefficient (Wildman–Crippen LogP) is 1.53. The van der Waals surface area contributed by atoms with Gasteiger partial charge in [-0.2, -0.15) is 4.52 Å². The molecule has 2 aromatic heterocycles. The third-order valence-electron chi connectivity index (χ3n) is 3.78. The van der Waals surface area contributed by atoms with Gasteiger partial charge in [0.1, 0.15) is 5.82 Å². The molecule has 8 nitrogen and oxygen atoms in total. The zero-order valence-electron chi connectivity index (χ0n) is 14.5. The van der Waals surface area contributed by atoms with E-state index in [2.05, 4.69) is 20.6 Å². The molecule has 2 heterocycles. The van der Waals surface area contributed by atoms with Crippen molar-refractivity contribution in [2.24, 2.45) is 0 Å². The van der Waals surface area contributed by atoms with Crippen molar-refractivity contribution in [1.82, 2.24) is 30.0 Å². The third-order valence-corrected chi connectivity index (χ3v) is 3.78. The predicted molar refractivity (Wildman–Crippen MR) is 95.3 cm³/mol. The molecule has 0 radical (unpaired) electrons. The molecule has 0 saturated carbocycles. The highest BCUT2D eigenvalue weighted by Gasteiger charge is 2.12. The average Bonchev–Trinajstić information content (AvgIpc) is 3.02. The zero-order valence-corrected chi connectivity index (χ0v) is 14.5. The number of hydrogen-bond donors (Lipinski definition) is 1. The number of fused-ring (bicyclic) bond motifs is 1. The molecule has 1 aromatic carbocycles. The first kappa shape index (κ1) is 16.7. The highest BCUT2D eigenvalue weighted by molar-refractivity contribution is 5.73. The Morgan fingerprint density at radius 1 is 1.08 bits per heavy atom. The number of rotatable bonds is 5. The van der Waals surface area contributed by atoms with E-state index in [1.165, 1.54) is 0 Å². The number of nitrogens with one attached hydrogen (secondary N) is 1. The molecule has 3 aromatic rings.